The van der Waals surface area contributed by atoms with Crippen molar-refractivity contribution >= 4 is 17.7 Å². The van der Waals surface area contributed by atoms with Gasteiger partial charge in [0.05, 0.1) is 0 Å². The van der Waals surface area contributed by atoms with Gasteiger partial charge in [-0.15, -0.1) is 0 Å². The largest absolute Gasteiger partial charge is 0.480 e. The van der Waals surface area contributed by atoms with Crippen molar-refractivity contribution in [2.75, 3.05) is 6.54 Å². The predicted molar refractivity (Wildman–Crippen MR) is 68.9 cm³/mol. The minimum Gasteiger partial charge on any atom is -0.480 e. The number of hydrogen-bond donors (Lipinski definition) is 4. The minimum atomic E-state index is -1.89. The molecule has 0 aliphatic rings. The Morgan fingerprint density at radius 2 is 1.72 bits per heavy atom. The maximum absolute atomic E-state index is 12.1. The number of aliphatic imine (C=N–C) groups is 1. The van der Waals surface area contributed by atoms with E-state index in [-0.39, 0.29) is 18.9 Å². The molecule has 0 amide bonds. The topological polar surface area (TPSA) is 145 Å². The van der Waals surface area contributed by atoms with Crippen LogP contribution in [0.4, 0.5) is 0 Å². The van der Waals surface area contributed by atoms with Crippen molar-refractivity contribution in [2.45, 2.75) is 39.2 Å². The molecule has 7 heteroatoms. The van der Waals surface area contributed by atoms with Gasteiger partial charge < -0.3 is 22.3 Å². The monoisotopic (exact) mass is 258 g/mol. The normalized spacial score (nSPS) is 14.7. The Labute approximate surface area is 106 Å². The zero-order chi connectivity index (χ0) is 14.6. The second-order valence-corrected chi connectivity index (χ2v) is 5.27. The Kier molecular flexibility index (Phi) is 5.29. The zero-order valence-corrected chi connectivity index (χ0v) is 11.1. The van der Waals surface area contributed by atoms with E-state index in [2.05, 4.69) is 4.99 Å². The lowest BCUT2D eigenvalue weighted by Crippen LogP contribution is -2.58. The molecule has 0 heterocycles. The van der Waals surface area contributed by atoms with Crippen LogP contribution in [0.5, 0.6) is 0 Å². The molecule has 0 saturated carbocycles. The molecule has 7 N–H and O–H groups in total. The first kappa shape index (κ1) is 16.4. The highest BCUT2D eigenvalue weighted by atomic mass is 16.4. The number of hydrogen-bond acceptors (Lipinski definition) is 4. The third-order valence-electron chi connectivity index (χ3n) is 2.49. The number of ketones is 1. The van der Waals surface area contributed by atoms with E-state index in [0.29, 0.717) is 6.42 Å². The van der Waals surface area contributed by atoms with E-state index in [0.717, 1.165) is 0 Å². The molecule has 0 aliphatic carbocycles. The fraction of sp³-hybridized carbons (Fsp3) is 0.727. The predicted octanol–water partition coefficient (Wildman–Crippen LogP) is -0.563. The average Bonchev–Trinajstić information content (AvgIpc) is 2.21. The van der Waals surface area contributed by atoms with E-state index in [1.807, 2.05) is 0 Å². The van der Waals surface area contributed by atoms with E-state index in [1.54, 1.807) is 20.8 Å². The van der Waals surface area contributed by atoms with Gasteiger partial charge in [0.2, 0.25) is 0 Å². The maximum Gasteiger partial charge on any atom is 0.331 e. The van der Waals surface area contributed by atoms with Gasteiger partial charge in [-0.1, -0.05) is 20.8 Å². The number of rotatable bonds is 6. The number of Topliss-reactive ketones (excluding diaryl/α,β-unsaturated/α-hetero) is 1. The lowest BCUT2D eigenvalue weighted by atomic mass is 9.76. The van der Waals surface area contributed by atoms with Crippen LogP contribution in [0.2, 0.25) is 0 Å². The Balaban J connectivity index is 4.80. The van der Waals surface area contributed by atoms with Crippen LogP contribution in [0.15, 0.2) is 4.99 Å². The van der Waals surface area contributed by atoms with Gasteiger partial charge in [-0.2, -0.15) is 0 Å². The van der Waals surface area contributed by atoms with Gasteiger partial charge in [0.1, 0.15) is 0 Å². The number of carbonyl (C=O) groups excluding carboxylic acids is 1. The van der Waals surface area contributed by atoms with Crippen molar-refractivity contribution in [3.05, 3.63) is 0 Å². The van der Waals surface area contributed by atoms with Crippen LogP contribution < -0.4 is 17.2 Å². The smallest absolute Gasteiger partial charge is 0.331 e. The molecule has 0 radical (unpaired) electrons. The van der Waals surface area contributed by atoms with E-state index in [4.69, 9.17) is 22.3 Å². The second kappa shape index (κ2) is 5.81. The average molecular weight is 258 g/mol. The zero-order valence-electron chi connectivity index (χ0n) is 11.1. The summed E-state index contributed by atoms with van der Waals surface area (Å²) in [5.74, 6) is -1.91. The number of nitrogens with two attached hydrogens (primary N) is 3. The third kappa shape index (κ3) is 4.33. The summed E-state index contributed by atoms with van der Waals surface area (Å²) in [5.41, 5.74) is 13.3. The Morgan fingerprint density at radius 1 is 1.22 bits per heavy atom. The highest BCUT2D eigenvalue weighted by molar-refractivity contribution is 6.09. The molecule has 0 aromatic carbocycles. The van der Waals surface area contributed by atoms with Crippen LogP contribution in [0.25, 0.3) is 0 Å². The second-order valence-electron chi connectivity index (χ2n) is 5.27. The molecule has 0 aromatic rings. The number of aliphatic carboxylic acids is 1. The molecule has 18 heavy (non-hydrogen) atoms. The minimum absolute atomic E-state index is 0.00475. The molecule has 0 rings (SSSR count). The molecule has 1 atom stereocenters. The van der Waals surface area contributed by atoms with E-state index in [9.17, 15) is 9.59 Å². The van der Waals surface area contributed by atoms with Gasteiger partial charge in [0.25, 0.3) is 0 Å². The Bertz CT molecular complexity index is 356. The number of carboxylic acids is 1. The van der Waals surface area contributed by atoms with Crippen molar-refractivity contribution < 1.29 is 14.7 Å². The molecule has 0 spiro atoms. The molecule has 0 saturated heterocycles. The number of carboxylic acid groups (broad SMARTS) is 1. The van der Waals surface area contributed by atoms with Gasteiger partial charge in [-0.05, 0) is 12.8 Å². The van der Waals surface area contributed by atoms with E-state index in [1.165, 1.54) is 0 Å². The summed E-state index contributed by atoms with van der Waals surface area (Å²) in [4.78, 5) is 27.0. The van der Waals surface area contributed by atoms with Crippen LogP contribution in [-0.2, 0) is 9.59 Å². The lowest BCUT2D eigenvalue weighted by Gasteiger charge is -2.30. The summed E-state index contributed by atoms with van der Waals surface area (Å²) in [6, 6.07) is 0. The third-order valence-corrected chi connectivity index (χ3v) is 2.49. The van der Waals surface area contributed by atoms with E-state index >= 15 is 0 Å². The first-order valence-electron chi connectivity index (χ1n) is 5.64. The van der Waals surface area contributed by atoms with E-state index < -0.39 is 22.7 Å². The summed E-state index contributed by atoms with van der Waals surface area (Å²) in [5, 5.41) is 9.14. The van der Waals surface area contributed by atoms with Gasteiger partial charge in [-0.3, -0.25) is 9.79 Å². The highest BCUT2D eigenvalue weighted by Crippen LogP contribution is 2.25. The fourth-order valence-corrected chi connectivity index (χ4v) is 1.55. The van der Waals surface area contributed by atoms with Crippen LogP contribution in [0, 0.1) is 5.41 Å². The highest BCUT2D eigenvalue weighted by Gasteiger charge is 2.46. The summed E-state index contributed by atoms with van der Waals surface area (Å²) in [6.45, 7) is 5.15. The fourth-order valence-electron chi connectivity index (χ4n) is 1.55. The molecular weight excluding hydrogens is 236 g/mol. The van der Waals surface area contributed by atoms with Crippen molar-refractivity contribution in [3.8, 4) is 0 Å². The van der Waals surface area contributed by atoms with Crippen LogP contribution >= 0.6 is 0 Å². The van der Waals surface area contributed by atoms with Gasteiger partial charge in [0.15, 0.2) is 17.3 Å². The summed E-state index contributed by atoms with van der Waals surface area (Å²) >= 11 is 0. The Morgan fingerprint density at radius 3 is 2.06 bits per heavy atom. The lowest BCUT2D eigenvalue weighted by molar-refractivity contribution is -0.151. The quantitative estimate of drug-likeness (QED) is 0.217. The summed E-state index contributed by atoms with van der Waals surface area (Å²) in [6.07, 6.45) is 0.317. The van der Waals surface area contributed by atoms with Crippen LogP contribution in [0.3, 0.4) is 0 Å². The number of nitrogens with zero attached hydrogens (tertiary/aromatic N) is 1. The Hall–Kier alpha value is -1.63. The van der Waals surface area contributed by atoms with Crippen LogP contribution in [-0.4, -0.2) is 34.9 Å². The number of carbonyl (C=O) groups is 2. The SMILES string of the molecule is CC(C)(C)C(=O)C(N)(CCCN=C(N)N)C(=O)O. The van der Waals surface area contributed by atoms with Crippen molar-refractivity contribution in [2.24, 2.45) is 27.6 Å². The van der Waals surface area contributed by atoms with Gasteiger partial charge >= 0.3 is 5.97 Å². The molecule has 0 bridgehead atoms. The molecule has 0 fully saturated rings. The summed E-state index contributed by atoms with van der Waals surface area (Å²) < 4.78 is 0. The molecule has 104 valence electrons. The molecular formula is C11H22N4O3. The first-order chi connectivity index (χ1) is 8.01. The molecule has 1 unspecified atom stereocenters. The van der Waals surface area contributed by atoms with Gasteiger partial charge in [0, 0.05) is 12.0 Å². The molecule has 7 nitrogen and oxygen atoms in total. The maximum atomic E-state index is 12.1. The first-order valence-corrected chi connectivity index (χ1v) is 5.64. The van der Waals surface area contributed by atoms with Crippen LogP contribution in [0.1, 0.15) is 33.6 Å². The van der Waals surface area contributed by atoms with Crippen molar-refractivity contribution in [3.63, 3.8) is 0 Å². The van der Waals surface area contributed by atoms with Crippen molar-refractivity contribution in [1.29, 1.82) is 0 Å². The standard InChI is InChI=1S/C11H22N4O3/c1-10(2,3)7(16)11(14,8(17)18)5-4-6-15-9(12)13/h4-6,14H2,1-3H3,(H,17,18)(H4,12,13,15). The number of guanidine groups is 1. The summed E-state index contributed by atoms with van der Waals surface area (Å²) in [7, 11) is 0. The van der Waals surface area contributed by atoms with Crippen molar-refractivity contribution in [1.82, 2.24) is 0 Å². The van der Waals surface area contributed by atoms with Gasteiger partial charge in [-0.25, -0.2) is 4.79 Å². The molecule has 0 aromatic heterocycles. The molecule has 0 aliphatic heterocycles.